The fourth-order valence-corrected chi connectivity index (χ4v) is 1.79. The first-order valence-electron chi connectivity index (χ1n) is 6.30. The summed E-state index contributed by atoms with van der Waals surface area (Å²) in [5.74, 6) is -0.0265. The second-order valence-electron chi connectivity index (χ2n) is 4.32. The lowest BCUT2D eigenvalue weighted by molar-refractivity contribution is 0.104. The minimum atomic E-state index is -0.372. The van der Waals surface area contributed by atoms with Crippen LogP contribution in [0.3, 0.4) is 0 Å². The molecule has 106 valence electrons. The molecule has 0 radical (unpaired) electrons. The maximum atomic E-state index is 12.0. The molecule has 0 aromatic heterocycles. The number of aromatic hydroxyl groups is 1. The molecule has 0 aliphatic carbocycles. The van der Waals surface area contributed by atoms with E-state index in [1.807, 2.05) is 0 Å². The Morgan fingerprint density at radius 3 is 2.67 bits per heavy atom. The normalized spacial score (nSPS) is 10.5. The van der Waals surface area contributed by atoms with Crippen molar-refractivity contribution in [1.29, 1.82) is 0 Å². The van der Waals surface area contributed by atoms with Crippen LogP contribution in [-0.4, -0.2) is 18.0 Å². The Bertz CT molecular complexity index is 748. The van der Waals surface area contributed by atoms with Crippen LogP contribution in [0.5, 0.6) is 11.5 Å². The van der Waals surface area contributed by atoms with Crippen molar-refractivity contribution in [3.05, 3.63) is 76.0 Å². The molecule has 21 heavy (non-hydrogen) atoms. The van der Waals surface area contributed by atoms with Crippen LogP contribution in [0.15, 0.2) is 59.4 Å². The Balaban J connectivity index is 2.27. The van der Waals surface area contributed by atoms with Crippen molar-refractivity contribution >= 4 is 11.9 Å². The molecule has 1 N–H and O–H groups in total. The third-order valence-electron chi connectivity index (χ3n) is 2.89. The van der Waals surface area contributed by atoms with Gasteiger partial charge < -0.3 is 9.84 Å². The molecule has 2 rings (SSSR count). The molecule has 0 spiro atoms. The maximum absolute atomic E-state index is 12.0. The molecule has 0 saturated heterocycles. The molecule has 0 saturated carbocycles. The van der Waals surface area contributed by atoms with E-state index in [2.05, 4.69) is 0 Å². The molecule has 0 atom stereocenters. The number of allylic oxidation sites excluding steroid dienone is 1. The Morgan fingerprint density at radius 1 is 1.14 bits per heavy atom. The van der Waals surface area contributed by atoms with Gasteiger partial charge in [0.15, 0.2) is 22.7 Å². The van der Waals surface area contributed by atoms with E-state index in [0.717, 1.165) is 0 Å². The molecular weight excluding hydrogens is 268 g/mol. The largest absolute Gasteiger partial charge is 0.504 e. The van der Waals surface area contributed by atoms with E-state index >= 15 is 0 Å². The smallest absolute Gasteiger partial charge is 0.189 e. The highest BCUT2D eigenvalue weighted by Crippen LogP contribution is 2.26. The summed E-state index contributed by atoms with van der Waals surface area (Å²) in [6.07, 6.45) is 2.89. The fraction of sp³-hybridized carbons (Fsp3) is 0.0588. The van der Waals surface area contributed by atoms with Crippen molar-refractivity contribution in [3.8, 4) is 11.5 Å². The first-order chi connectivity index (χ1) is 10.1. The van der Waals surface area contributed by atoms with Crippen LogP contribution in [0.4, 0.5) is 0 Å². The Morgan fingerprint density at radius 2 is 1.90 bits per heavy atom. The average molecular weight is 282 g/mol. The summed E-state index contributed by atoms with van der Waals surface area (Å²) in [6, 6.07) is 12.5. The SMILES string of the molecule is COc1cc(C=CC(=O)c2cccccc2=O)ccc1O. The van der Waals surface area contributed by atoms with Gasteiger partial charge in [0.25, 0.3) is 0 Å². The summed E-state index contributed by atoms with van der Waals surface area (Å²) in [6.45, 7) is 0. The zero-order chi connectivity index (χ0) is 15.2. The Hall–Kier alpha value is -2.88. The number of hydrogen-bond donors (Lipinski definition) is 1. The zero-order valence-corrected chi connectivity index (χ0v) is 11.4. The van der Waals surface area contributed by atoms with E-state index in [4.69, 9.17) is 4.74 Å². The van der Waals surface area contributed by atoms with Gasteiger partial charge in [0, 0.05) is 0 Å². The second kappa shape index (κ2) is 6.52. The maximum Gasteiger partial charge on any atom is 0.189 e. The molecule has 0 aliphatic heterocycles. The highest BCUT2D eigenvalue weighted by atomic mass is 16.5. The summed E-state index contributed by atoms with van der Waals surface area (Å²) in [5.41, 5.74) is 0.477. The zero-order valence-electron chi connectivity index (χ0n) is 11.4. The Kier molecular flexibility index (Phi) is 4.51. The first kappa shape index (κ1) is 14.5. The van der Waals surface area contributed by atoms with E-state index in [0.29, 0.717) is 11.3 Å². The van der Waals surface area contributed by atoms with Crippen LogP contribution in [0.2, 0.25) is 0 Å². The molecule has 2 aromatic carbocycles. The molecule has 4 nitrogen and oxygen atoms in total. The minimum Gasteiger partial charge on any atom is -0.504 e. The van der Waals surface area contributed by atoms with E-state index in [9.17, 15) is 14.7 Å². The van der Waals surface area contributed by atoms with Gasteiger partial charge in [-0.2, -0.15) is 0 Å². The molecule has 0 aliphatic rings. The quantitative estimate of drug-likeness (QED) is 0.691. The van der Waals surface area contributed by atoms with E-state index in [1.54, 1.807) is 36.4 Å². The standard InChI is InChI=1S/C17H14O4/c1-21-17-11-12(8-10-16(17)20)7-9-15(19)13-5-3-2-4-6-14(13)18/h2-11,20H,1H3. The Labute approximate surface area is 121 Å². The van der Waals surface area contributed by atoms with E-state index in [1.165, 1.54) is 31.4 Å². The number of ether oxygens (including phenoxy) is 1. The third-order valence-corrected chi connectivity index (χ3v) is 2.89. The van der Waals surface area contributed by atoms with Gasteiger partial charge in [0.05, 0.1) is 12.7 Å². The summed E-state index contributed by atoms with van der Waals surface area (Å²) in [4.78, 5) is 23.7. The molecule has 0 heterocycles. The fourth-order valence-electron chi connectivity index (χ4n) is 1.79. The van der Waals surface area contributed by atoms with Crippen LogP contribution in [-0.2, 0) is 0 Å². The number of methoxy groups -OCH3 is 1. The summed E-state index contributed by atoms with van der Waals surface area (Å²) in [5, 5.41) is 9.50. The van der Waals surface area contributed by atoms with Gasteiger partial charge in [-0.3, -0.25) is 9.59 Å². The van der Waals surface area contributed by atoms with Crippen molar-refractivity contribution in [2.45, 2.75) is 0 Å². The predicted molar refractivity (Wildman–Crippen MR) is 80.7 cm³/mol. The molecule has 0 unspecified atom stereocenters. The molecule has 0 fully saturated rings. The van der Waals surface area contributed by atoms with Gasteiger partial charge in [-0.25, -0.2) is 0 Å². The molecule has 2 aromatic rings. The predicted octanol–water partition coefficient (Wildman–Crippen LogP) is 2.66. The number of benzene rings is 1. The highest BCUT2D eigenvalue weighted by molar-refractivity contribution is 6.06. The lowest BCUT2D eigenvalue weighted by Crippen LogP contribution is -2.09. The number of phenolic OH excluding ortho intramolecular Hbond substituents is 1. The van der Waals surface area contributed by atoms with Crippen LogP contribution in [0.25, 0.3) is 6.08 Å². The molecule has 4 heteroatoms. The van der Waals surface area contributed by atoms with Crippen LogP contribution < -0.4 is 10.2 Å². The van der Waals surface area contributed by atoms with Crippen LogP contribution >= 0.6 is 0 Å². The lowest BCUT2D eigenvalue weighted by atomic mass is 10.1. The lowest BCUT2D eigenvalue weighted by Gasteiger charge is -2.03. The van der Waals surface area contributed by atoms with Crippen molar-refractivity contribution < 1.29 is 14.6 Å². The topological polar surface area (TPSA) is 63.6 Å². The van der Waals surface area contributed by atoms with Crippen molar-refractivity contribution in [1.82, 2.24) is 0 Å². The summed E-state index contributed by atoms with van der Waals surface area (Å²) < 4.78 is 4.99. The number of rotatable bonds is 4. The molecular formula is C17H14O4. The average Bonchev–Trinajstić information content (AvgIpc) is 2.70. The van der Waals surface area contributed by atoms with E-state index < -0.39 is 0 Å². The monoisotopic (exact) mass is 282 g/mol. The van der Waals surface area contributed by atoms with Crippen LogP contribution in [0.1, 0.15) is 15.9 Å². The highest BCUT2D eigenvalue weighted by Gasteiger charge is 2.05. The van der Waals surface area contributed by atoms with Crippen LogP contribution in [0, 0.1) is 0 Å². The number of carbonyl (C=O) groups excluding carboxylic acids is 1. The summed E-state index contributed by atoms with van der Waals surface area (Å²) >= 11 is 0. The molecule has 0 amide bonds. The van der Waals surface area contributed by atoms with Gasteiger partial charge in [-0.1, -0.05) is 30.3 Å². The van der Waals surface area contributed by atoms with E-state index in [-0.39, 0.29) is 22.5 Å². The van der Waals surface area contributed by atoms with Crippen molar-refractivity contribution in [2.24, 2.45) is 0 Å². The number of ketones is 1. The number of carbonyl (C=O) groups is 1. The van der Waals surface area contributed by atoms with Gasteiger partial charge in [-0.05, 0) is 35.9 Å². The number of hydrogen-bond acceptors (Lipinski definition) is 4. The van der Waals surface area contributed by atoms with Crippen molar-refractivity contribution in [2.75, 3.05) is 7.11 Å². The minimum absolute atomic E-state index is 0.0258. The number of phenols is 1. The van der Waals surface area contributed by atoms with Crippen molar-refractivity contribution in [3.63, 3.8) is 0 Å². The second-order valence-corrected chi connectivity index (χ2v) is 4.32. The van der Waals surface area contributed by atoms with Gasteiger partial charge in [0.1, 0.15) is 0 Å². The molecule has 0 bridgehead atoms. The first-order valence-corrected chi connectivity index (χ1v) is 6.30. The summed E-state index contributed by atoms with van der Waals surface area (Å²) in [7, 11) is 1.45. The third kappa shape index (κ3) is 3.57. The van der Waals surface area contributed by atoms with Gasteiger partial charge >= 0.3 is 0 Å². The van der Waals surface area contributed by atoms with Gasteiger partial charge in [-0.15, -0.1) is 0 Å². The van der Waals surface area contributed by atoms with Gasteiger partial charge in [0.2, 0.25) is 0 Å².